The Kier molecular flexibility index (Phi) is 3.33. The van der Waals surface area contributed by atoms with Crippen LogP contribution in [0.2, 0.25) is 0 Å². The van der Waals surface area contributed by atoms with E-state index in [9.17, 15) is 0 Å². The van der Waals surface area contributed by atoms with E-state index in [-0.39, 0.29) is 0 Å². The van der Waals surface area contributed by atoms with Crippen molar-refractivity contribution in [3.8, 4) is 0 Å². The fraction of sp³-hybridized carbons (Fsp3) is 0.615. The highest BCUT2D eigenvalue weighted by molar-refractivity contribution is 5.87. The van der Waals surface area contributed by atoms with E-state index >= 15 is 0 Å². The Morgan fingerprint density at radius 1 is 1.47 bits per heavy atom. The van der Waals surface area contributed by atoms with Crippen molar-refractivity contribution < 1.29 is 4.52 Å². The second-order valence-corrected chi connectivity index (χ2v) is 5.16. The first-order valence-electron chi connectivity index (χ1n) is 6.76. The van der Waals surface area contributed by atoms with Crippen LogP contribution in [0, 0.1) is 12.8 Å². The molecule has 3 heterocycles. The van der Waals surface area contributed by atoms with E-state index in [2.05, 4.69) is 25.3 Å². The van der Waals surface area contributed by atoms with Crippen LogP contribution in [0.3, 0.4) is 0 Å². The van der Waals surface area contributed by atoms with Gasteiger partial charge in [-0.3, -0.25) is 0 Å². The van der Waals surface area contributed by atoms with Crippen LogP contribution in [0.1, 0.15) is 18.5 Å². The topological polar surface area (TPSA) is 67.1 Å². The highest BCUT2D eigenvalue weighted by Crippen LogP contribution is 2.29. The molecule has 1 aliphatic rings. The Morgan fingerprint density at radius 3 is 3.21 bits per heavy atom. The van der Waals surface area contributed by atoms with E-state index in [0.717, 1.165) is 36.5 Å². The van der Waals surface area contributed by atoms with Crippen molar-refractivity contribution in [2.24, 2.45) is 5.92 Å². The predicted octanol–water partition coefficient (Wildman–Crippen LogP) is 1.36. The molecule has 0 aliphatic carbocycles. The van der Waals surface area contributed by atoms with Crippen LogP contribution < -0.4 is 10.2 Å². The minimum Gasteiger partial charge on any atom is -0.356 e. The van der Waals surface area contributed by atoms with Gasteiger partial charge in [0.2, 0.25) is 0 Å². The maximum atomic E-state index is 5.21. The van der Waals surface area contributed by atoms with Crippen LogP contribution in [0.15, 0.2) is 10.9 Å². The van der Waals surface area contributed by atoms with Crippen LogP contribution in [0.5, 0.6) is 0 Å². The molecular weight excluding hydrogens is 242 g/mol. The van der Waals surface area contributed by atoms with E-state index < -0.39 is 0 Å². The van der Waals surface area contributed by atoms with Gasteiger partial charge in [0.15, 0.2) is 0 Å². The molecule has 19 heavy (non-hydrogen) atoms. The third-order valence-corrected chi connectivity index (χ3v) is 3.73. The van der Waals surface area contributed by atoms with Gasteiger partial charge < -0.3 is 14.7 Å². The molecule has 6 heteroatoms. The van der Waals surface area contributed by atoms with Crippen molar-refractivity contribution >= 4 is 16.9 Å². The maximum Gasteiger partial charge on any atom is 0.263 e. The summed E-state index contributed by atoms with van der Waals surface area (Å²) in [6, 6.07) is 0. The van der Waals surface area contributed by atoms with Crippen LogP contribution in [-0.4, -0.2) is 41.8 Å². The number of nitrogens with one attached hydrogen (secondary N) is 1. The number of fused-ring (bicyclic) bond motifs is 1. The highest BCUT2D eigenvalue weighted by Gasteiger charge is 2.23. The Hall–Kier alpha value is -1.69. The van der Waals surface area contributed by atoms with Gasteiger partial charge in [-0.1, -0.05) is 5.16 Å². The van der Waals surface area contributed by atoms with Crippen molar-refractivity contribution in [3.63, 3.8) is 0 Å². The van der Waals surface area contributed by atoms with Gasteiger partial charge in [-0.25, -0.2) is 4.98 Å². The number of hydrogen-bond donors (Lipinski definition) is 1. The minimum absolute atomic E-state index is 0.582. The van der Waals surface area contributed by atoms with E-state index in [4.69, 9.17) is 4.52 Å². The number of aromatic nitrogens is 3. The standard InChI is InChI=1S/C13H19N5O/c1-9-11-12(15-8-16-13(11)19-17-9)18-5-3-4-10(7-18)6-14-2/h8,10,14H,3-7H2,1-2H3. The minimum atomic E-state index is 0.582. The number of rotatable bonds is 3. The fourth-order valence-electron chi connectivity index (χ4n) is 2.86. The van der Waals surface area contributed by atoms with Crippen LogP contribution in [0.4, 0.5) is 5.82 Å². The zero-order chi connectivity index (χ0) is 13.2. The lowest BCUT2D eigenvalue weighted by Crippen LogP contribution is -2.39. The molecule has 0 saturated carbocycles. The average molecular weight is 261 g/mol. The van der Waals surface area contributed by atoms with Gasteiger partial charge in [0.1, 0.15) is 17.5 Å². The van der Waals surface area contributed by atoms with Gasteiger partial charge in [-0.2, -0.15) is 4.98 Å². The lowest BCUT2D eigenvalue weighted by molar-refractivity contribution is 0.401. The van der Waals surface area contributed by atoms with E-state index in [1.54, 1.807) is 6.33 Å². The molecule has 0 amide bonds. The predicted molar refractivity (Wildman–Crippen MR) is 73.2 cm³/mol. The molecule has 1 atom stereocenters. The van der Waals surface area contributed by atoms with Gasteiger partial charge in [0.05, 0.1) is 5.69 Å². The SMILES string of the molecule is CNCC1CCCN(c2ncnc3onc(C)c23)C1. The number of anilines is 1. The summed E-state index contributed by atoms with van der Waals surface area (Å²) in [6.45, 7) is 5.05. The summed E-state index contributed by atoms with van der Waals surface area (Å²) in [7, 11) is 2.01. The monoisotopic (exact) mass is 261 g/mol. The molecule has 0 bridgehead atoms. The molecule has 1 unspecified atom stereocenters. The van der Waals surface area contributed by atoms with Crippen LogP contribution in [0.25, 0.3) is 11.1 Å². The maximum absolute atomic E-state index is 5.21. The first kappa shape index (κ1) is 12.3. The van der Waals surface area contributed by atoms with Crippen molar-refractivity contribution in [1.29, 1.82) is 0 Å². The van der Waals surface area contributed by atoms with Gasteiger partial charge in [0, 0.05) is 13.1 Å². The summed E-state index contributed by atoms with van der Waals surface area (Å²) in [4.78, 5) is 10.9. The molecule has 2 aromatic rings. The lowest BCUT2D eigenvalue weighted by atomic mass is 9.98. The molecular formula is C13H19N5O. The summed E-state index contributed by atoms with van der Waals surface area (Å²) in [6.07, 6.45) is 4.03. The molecule has 0 spiro atoms. The Balaban J connectivity index is 1.93. The van der Waals surface area contributed by atoms with Crippen molar-refractivity contribution in [2.45, 2.75) is 19.8 Å². The molecule has 6 nitrogen and oxygen atoms in total. The summed E-state index contributed by atoms with van der Waals surface area (Å²) in [5.41, 5.74) is 1.44. The van der Waals surface area contributed by atoms with Crippen molar-refractivity contribution in [3.05, 3.63) is 12.0 Å². The second kappa shape index (κ2) is 5.13. The molecule has 1 saturated heterocycles. The number of hydrogen-bond acceptors (Lipinski definition) is 6. The third-order valence-electron chi connectivity index (χ3n) is 3.73. The van der Waals surface area contributed by atoms with E-state index in [1.165, 1.54) is 12.8 Å². The van der Waals surface area contributed by atoms with Gasteiger partial charge in [0.25, 0.3) is 5.71 Å². The highest BCUT2D eigenvalue weighted by atomic mass is 16.5. The summed E-state index contributed by atoms with van der Waals surface area (Å²) in [5.74, 6) is 1.63. The summed E-state index contributed by atoms with van der Waals surface area (Å²) < 4.78 is 5.21. The fourth-order valence-corrected chi connectivity index (χ4v) is 2.86. The normalized spacial score (nSPS) is 20.1. The van der Waals surface area contributed by atoms with Crippen molar-refractivity contribution in [2.75, 3.05) is 31.6 Å². The van der Waals surface area contributed by atoms with Gasteiger partial charge >= 0.3 is 0 Å². The van der Waals surface area contributed by atoms with Crippen LogP contribution in [-0.2, 0) is 0 Å². The smallest absolute Gasteiger partial charge is 0.263 e. The molecule has 1 N–H and O–H groups in total. The van der Waals surface area contributed by atoms with E-state index in [1.807, 2.05) is 14.0 Å². The molecule has 0 radical (unpaired) electrons. The zero-order valence-electron chi connectivity index (χ0n) is 11.4. The second-order valence-electron chi connectivity index (χ2n) is 5.16. The van der Waals surface area contributed by atoms with Gasteiger partial charge in [-0.05, 0) is 39.3 Å². The first-order chi connectivity index (χ1) is 9.29. The zero-order valence-corrected chi connectivity index (χ0v) is 11.4. The quantitative estimate of drug-likeness (QED) is 0.900. The number of aryl methyl sites for hydroxylation is 1. The number of piperidine rings is 1. The molecule has 1 aliphatic heterocycles. The Morgan fingerprint density at radius 2 is 2.37 bits per heavy atom. The molecule has 0 aromatic carbocycles. The molecule has 3 rings (SSSR count). The lowest BCUT2D eigenvalue weighted by Gasteiger charge is -2.33. The van der Waals surface area contributed by atoms with E-state index in [0.29, 0.717) is 11.6 Å². The van der Waals surface area contributed by atoms with Gasteiger partial charge in [-0.15, -0.1) is 0 Å². The first-order valence-corrected chi connectivity index (χ1v) is 6.76. The molecule has 102 valence electrons. The Labute approximate surface area is 112 Å². The summed E-state index contributed by atoms with van der Waals surface area (Å²) in [5, 5.41) is 8.20. The number of nitrogens with zero attached hydrogens (tertiary/aromatic N) is 4. The molecule has 1 fully saturated rings. The largest absolute Gasteiger partial charge is 0.356 e. The summed E-state index contributed by atoms with van der Waals surface area (Å²) >= 11 is 0. The third kappa shape index (κ3) is 2.28. The van der Waals surface area contributed by atoms with Crippen LogP contribution >= 0.6 is 0 Å². The average Bonchev–Trinajstić information content (AvgIpc) is 2.82. The Bertz CT molecular complexity index is 565. The molecule has 2 aromatic heterocycles. The van der Waals surface area contributed by atoms with Crippen molar-refractivity contribution in [1.82, 2.24) is 20.4 Å².